The van der Waals surface area contributed by atoms with Crippen LogP contribution >= 0.6 is 7.82 Å². The second kappa shape index (κ2) is 9.24. The first-order valence-electron chi connectivity index (χ1n) is 8.50. The number of methoxy groups -OCH3 is 1. The van der Waals surface area contributed by atoms with Crippen LogP contribution in [-0.2, 0) is 36.3 Å². The third-order valence-corrected chi connectivity index (χ3v) is 4.74. The monoisotopic (exact) mass is 417 g/mol. The Hall–Kier alpha value is -2.33. The molecular formula is C16H21N2O9P. The molecule has 0 spiro atoms. The van der Waals surface area contributed by atoms with Crippen LogP contribution in [0.25, 0.3) is 0 Å². The maximum Gasteiger partial charge on any atom is 0.469 e. The number of unbranched alkanes of at least 4 members (excludes halogenated alkanes) is 1. The summed E-state index contributed by atoms with van der Waals surface area (Å²) >= 11 is 0. The van der Waals surface area contributed by atoms with Crippen molar-refractivity contribution in [3.8, 4) is 0 Å². The van der Waals surface area contributed by atoms with Gasteiger partial charge in [-0.1, -0.05) is 6.07 Å². The molecule has 2 rings (SSSR count). The number of anilines is 1. The zero-order valence-electron chi connectivity index (χ0n) is 15.2. The fourth-order valence-corrected chi connectivity index (χ4v) is 3.38. The lowest BCUT2D eigenvalue weighted by Gasteiger charge is -2.17. The SMILES string of the molecule is COC(=O)Cc1cc2c(c([N+](=O)[O-])c1)N([13C](=O)CCCCOP(=O)(O)O)CC2. The minimum atomic E-state index is -4.53. The van der Waals surface area contributed by atoms with Gasteiger partial charge in [0.15, 0.2) is 0 Å². The molecule has 1 heterocycles. The molecule has 12 heteroatoms. The second-order valence-corrected chi connectivity index (χ2v) is 7.45. The highest BCUT2D eigenvalue weighted by Gasteiger charge is 2.33. The first kappa shape index (κ1) is 22.0. The van der Waals surface area contributed by atoms with E-state index in [2.05, 4.69) is 9.26 Å². The van der Waals surface area contributed by atoms with Crippen molar-refractivity contribution in [1.29, 1.82) is 0 Å². The van der Waals surface area contributed by atoms with E-state index >= 15 is 0 Å². The minimum absolute atomic E-state index is 0.0605. The van der Waals surface area contributed by atoms with E-state index in [9.17, 15) is 24.3 Å². The standard InChI is InChI=1S/C16H21N2O9P/c1-26-15(20)10-11-8-12-5-6-17(16(12)13(9-11)18(21)22)14(19)4-2-3-7-27-28(23,24)25/h8-9H,2-7,10H2,1H3,(H2,23,24,25)/i14+1. The van der Waals surface area contributed by atoms with Crippen LogP contribution in [0.4, 0.5) is 11.4 Å². The van der Waals surface area contributed by atoms with Gasteiger partial charge in [0, 0.05) is 19.0 Å². The molecule has 1 aliphatic heterocycles. The number of esters is 1. The predicted molar refractivity (Wildman–Crippen MR) is 96.7 cm³/mol. The molecule has 28 heavy (non-hydrogen) atoms. The van der Waals surface area contributed by atoms with Crippen molar-refractivity contribution >= 4 is 31.1 Å². The van der Waals surface area contributed by atoms with Crippen LogP contribution in [0.15, 0.2) is 12.1 Å². The number of nitro benzene ring substituents is 1. The molecule has 1 aromatic carbocycles. The van der Waals surface area contributed by atoms with Crippen molar-refractivity contribution < 1.29 is 38.1 Å². The summed E-state index contributed by atoms with van der Waals surface area (Å²) in [5.74, 6) is -0.837. The normalized spacial score (nSPS) is 13.3. The third kappa shape index (κ3) is 5.83. The van der Waals surface area contributed by atoms with Gasteiger partial charge in [0.25, 0.3) is 5.69 Å². The van der Waals surface area contributed by atoms with Crippen molar-refractivity contribution in [2.45, 2.75) is 32.1 Å². The van der Waals surface area contributed by atoms with Crippen LogP contribution in [0.2, 0.25) is 0 Å². The number of ether oxygens (including phenoxy) is 1. The predicted octanol–water partition coefficient (Wildman–Crippen LogP) is 1.48. The van der Waals surface area contributed by atoms with E-state index in [1.54, 1.807) is 6.07 Å². The fourth-order valence-electron chi connectivity index (χ4n) is 3.01. The lowest BCUT2D eigenvalue weighted by Crippen LogP contribution is -2.29. The Bertz CT molecular complexity index is 821. The van der Waals surface area contributed by atoms with Crippen molar-refractivity contribution in [2.24, 2.45) is 0 Å². The molecule has 0 fully saturated rings. The number of benzene rings is 1. The maximum atomic E-state index is 12.5. The summed E-state index contributed by atoms with van der Waals surface area (Å²) in [4.78, 5) is 53.4. The molecule has 0 saturated carbocycles. The number of carbonyl (C=O) groups excluding carboxylic acids is 2. The molecule has 0 aliphatic carbocycles. The Balaban J connectivity index is 2.08. The number of amides is 1. The summed E-state index contributed by atoms with van der Waals surface area (Å²) in [6.45, 7) is 0.0981. The van der Waals surface area contributed by atoms with E-state index in [0.29, 0.717) is 24.0 Å². The quantitative estimate of drug-likeness (QED) is 0.152. The van der Waals surface area contributed by atoms with Gasteiger partial charge >= 0.3 is 13.8 Å². The molecular weight excluding hydrogens is 396 g/mol. The van der Waals surface area contributed by atoms with Gasteiger partial charge in [0.05, 0.1) is 25.1 Å². The third-order valence-electron chi connectivity index (χ3n) is 4.22. The number of nitrogens with zero attached hydrogens (tertiary/aromatic N) is 2. The van der Waals surface area contributed by atoms with E-state index in [-0.39, 0.29) is 49.7 Å². The van der Waals surface area contributed by atoms with Crippen molar-refractivity contribution in [3.63, 3.8) is 0 Å². The Labute approximate surface area is 160 Å². The number of fused-ring (bicyclic) bond motifs is 1. The summed E-state index contributed by atoms with van der Waals surface area (Å²) in [5.41, 5.74) is 1.05. The first-order chi connectivity index (χ1) is 13.1. The van der Waals surface area contributed by atoms with Crippen LogP contribution in [0.1, 0.15) is 30.4 Å². The van der Waals surface area contributed by atoms with Gasteiger partial charge in [-0.05, 0) is 30.4 Å². The topological polar surface area (TPSA) is 157 Å². The lowest BCUT2D eigenvalue weighted by molar-refractivity contribution is -0.384. The number of hydrogen-bond acceptors (Lipinski definition) is 7. The van der Waals surface area contributed by atoms with Gasteiger partial charge in [-0.2, -0.15) is 0 Å². The number of phosphoric acid groups is 1. The molecule has 0 atom stereocenters. The summed E-state index contributed by atoms with van der Waals surface area (Å²) in [5, 5.41) is 11.5. The number of rotatable bonds is 9. The Morgan fingerprint density at radius 3 is 2.64 bits per heavy atom. The molecule has 0 unspecified atom stereocenters. The number of nitro groups is 1. The highest BCUT2D eigenvalue weighted by Crippen LogP contribution is 2.39. The number of phosphoric ester groups is 1. The molecule has 1 amide bonds. The molecule has 0 saturated heterocycles. The maximum absolute atomic E-state index is 12.5. The highest BCUT2D eigenvalue weighted by atomic mass is 31.2. The Morgan fingerprint density at radius 1 is 1.32 bits per heavy atom. The summed E-state index contributed by atoms with van der Waals surface area (Å²) < 4.78 is 19.5. The molecule has 0 radical (unpaired) electrons. The van der Waals surface area contributed by atoms with E-state index < -0.39 is 18.7 Å². The number of hydrogen-bond donors (Lipinski definition) is 2. The van der Waals surface area contributed by atoms with E-state index in [1.807, 2.05) is 0 Å². The Kier molecular flexibility index (Phi) is 7.25. The molecule has 11 nitrogen and oxygen atoms in total. The van der Waals surface area contributed by atoms with Crippen LogP contribution in [0.5, 0.6) is 0 Å². The smallest absolute Gasteiger partial charge is 0.469 e. The molecule has 1 aliphatic rings. The summed E-state index contributed by atoms with van der Waals surface area (Å²) in [7, 11) is -3.30. The average Bonchev–Trinajstić information content (AvgIpc) is 3.03. The average molecular weight is 417 g/mol. The second-order valence-electron chi connectivity index (χ2n) is 6.21. The fraction of sp³-hybridized carbons (Fsp3) is 0.500. The molecule has 0 bridgehead atoms. The van der Waals surface area contributed by atoms with E-state index in [1.165, 1.54) is 18.1 Å². The number of carbonyl (C=O) groups is 2. The van der Waals surface area contributed by atoms with E-state index in [0.717, 1.165) is 0 Å². The first-order valence-corrected chi connectivity index (χ1v) is 10.0. The van der Waals surface area contributed by atoms with Crippen molar-refractivity contribution in [2.75, 3.05) is 25.2 Å². The van der Waals surface area contributed by atoms with Gasteiger partial charge in [0.2, 0.25) is 5.91 Å². The summed E-state index contributed by atoms with van der Waals surface area (Å²) in [6, 6.07) is 2.94. The van der Waals surface area contributed by atoms with Gasteiger partial charge in [-0.15, -0.1) is 0 Å². The van der Waals surface area contributed by atoms with Gasteiger partial charge in [-0.3, -0.25) is 24.2 Å². The van der Waals surface area contributed by atoms with Crippen LogP contribution < -0.4 is 4.90 Å². The Morgan fingerprint density at radius 2 is 2.04 bits per heavy atom. The van der Waals surface area contributed by atoms with Crippen molar-refractivity contribution in [3.05, 3.63) is 33.4 Å². The van der Waals surface area contributed by atoms with Gasteiger partial charge in [-0.25, -0.2) is 4.57 Å². The van der Waals surface area contributed by atoms with Crippen LogP contribution in [-0.4, -0.2) is 46.8 Å². The molecule has 0 aromatic heterocycles. The van der Waals surface area contributed by atoms with Crippen molar-refractivity contribution in [1.82, 2.24) is 0 Å². The van der Waals surface area contributed by atoms with Crippen LogP contribution in [0, 0.1) is 10.1 Å². The molecule has 1 aromatic rings. The largest absolute Gasteiger partial charge is 0.469 e. The molecule has 154 valence electrons. The summed E-state index contributed by atoms with van der Waals surface area (Å²) in [6.07, 6.45) is 0.970. The molecule has 2 N–H and O–H groups in total. The van der Waals surface area contributed by atoms with Gasteiger partial charge in [0.1, 0.15) is 5.69 Å². The lowest BCUT2D eigenvalue weighted by atomic mass is 10.0. The van der Waals surface area contributed by atoms with Crippen LogP contribution in [0.3, 0.4) is 0 Å². The minimum Gasteiger partial charge on any atom is -0.469 e. The van der Waals surface area contributed by atoms with Gasteiger partial charge < -0.3 is 19.4 Å². The zero-order chi connectivity index (χ0) is 20.9. The zero-order valence-corrected chi connectivity index (χ0v) is 16.1. The van der Waals surface area contributed by atoms with E-state index in [4.69, 9.17) is 9.79 Å². The highest BCUT2D eigenvalue weighted by molar-refractivity contribution is 7.46.